The molecule has 0 saturated heterocycles. The zero-order valence-corrected chi connectivity index (χ0v) is 13.0. The predicted molar refractivity (Wildman–Crippen MR) is 9.68 cm³/mol. The molecule has 0 aliphatic heterocycles. The van der Waals surface area contributed by atoms with Crippen LogP contribution in [-0.4, -0.2) is 27.4 Å². The van der Waals surface area contributed by atoms with Gasteiger partial charge in [-0.25, -0.2) is 0 Å². The Kier molecular flexibility index (Phi) is 850. The summed E-state index contributed by atoms with van der Waals surface area (Å²) in [5, 5.41) is 0. The Morgan fingerprint density at radius 3 is 0.375 bits per heavy atom. The van der Waals surface area contributed by atoms with Gasteiger partial charge in [-0.3, -0.25) is 0 Å². The van der Waals surface area contributed by atoms with E-state index in [0.29, 0.717) is 0 Å². The molecule has 5 N–H and O–H groups in total. The molecule has 0 rings (SSSR count). The first-order chi connectivity index (χ1) is 0. The van der Waals surface area contributed by atoms with Gasteiger partial charge in [0.2, 0.25) is 0 Å². The third kappa shape index (κ3) is 52.4. The van der Waals surface area contributed by atoms with Gasteiger partial charge in [0, 0.05) is 0 Å². The van der Waals surface area contributed by atoms with Gasteiger partial charge in [-0.05, 0) is 0 Å². The second-order valence-corrected chi connectivity index (χ2v) is 0. The van der Waals surface area contributed by atoms with Gasteiger partial charge < -0.3 is 27.4 Å². The minimum Gasteiger partial charge on any atom is -0.870 e. The van der Waals surface area contributed by atoms with Crippen molar-refractivity contribution in [3.05, 3.63) is 0 Å². The molecule has 0 aromatic carbocycles. The van der Waals surface area contributed by atoms with E-state index in [4.69, 9.17) is 0 Å². The summed E-state index contributed by atoms with van der Waals surface area (Å²) >= 11 is 0. The molecule has 0 aromatic rings. The van der Waals surface area contributed by atoms with Crippen molar-refractivity contribution >= 4 is 0 Å². The summed E-state index contributed by atoms with van der Waals surface area (Å²) < 4.78 is 0. The van der Waals surface area contributed by atoms with Crippen LogP contribution in [0.15, 0.2) is 0 Å². The maximum atomic E-state index is 0. The van der Waals surface area contributed by atoms with Gasteiger partial charge in [-0.1, -0.05) is 0 Å². The van der Waals surface area contributed by atoms with E-state index >= 15 is 0 Å². The van der Waals surface area contributed by atoms with Crippen molar-refractivity contribution in [3.63, 3.8) is 0 Å². The third-order valence-electron chi connectivity index (χ3n) is 0. The predicted octanol–water partition coefficient (Wildman–Crippen LogP) is -6.88. The van der Waals surface area contributed by atoms with Crippen molar-refractivity contribution in [1.82, 2.24) is 0 Å². The van der Waals surface area contributed by atoms with Crippen LogP contribution in [0.1, 0.15) is 0 Å². The standard InChI is InChI=1S/Au.2K.5H2O/h;;;5*1H2/q+3;2*+1;;;;;/p-5. The van der Waals surface area contributed by atoms with E-state index in [2.05, 4.69) is 0 Å². The molecule has 8 heavy (non-hydrogen) atoms. The fourth-order valence-corrected chi connectivity index (χ4v) is 0. The second kappa shape index (κ2) is 71.6. The van der Waals surface area contributed by atoms with Crippen LogP contribution in [0.5, 0.6) is 0 Å². The Bertz CT molecular complexity index is 10.4. The first kappa shape index (κ1) is 95.0. The Morgan fingerprint density at radius 2 is 0.375 bits per heavy atom. The number of hydrogen-bond acceptors (Lipinski definition) is 5. The molecule has 0 heterocycles. The fraction of sp³-hybridized carbons (Fsp3) is 0. The van der Waals surface area contributed by atoms with Crippen LogP contribution in [0.3, 0.4) is 0 Å². The SMILES string of the molecule is [Au+3].[K+].[K+].[OH-].[OH-].[OH-].[OH-].[OH-]. The summed E-state index contributed by atoms with van der Waals surface area (Å²) in [5.41, 5.74) is 0. The van der Waals surface area contributed by atoms with Crippen LogP contribution in [0.4, 0.5) is 0 Å². The molecule has 0 aromatic heterocycles. The summed E-state index contributed by atoms with van der Waals surface area (Å²) in [6.45, 7) is 0. The molecular formula is H5AuK2O5. The van der Waals surface area contributed by atoms with Crippen molar-refractivity contribution in [2.45, 2.75) is 0 Å². The molecule has 0 atom stereocenters. The maximum absolute atomic E-state index is 0. The summed E-state index contributed by atoms with van der Waals surface area (Å²) in [4.78, 5) is 0. The van der Waals surface area contributed by atoms with Gasteiger partial charge in [-0.2, -0.15) is 0 Å². The molecule has 0 aliphatic carbocycles. The molecule has 0 saturated carbocycles. The first-order valence-electron chi connectivity index (χ1n) is 0. The zero-order chi connectivity index (χ0) is 0. The Labute approximate surface area is 148 Å². The molecule has 8 heteroatoms. The van der Waals surface area contributed by atoms with E-state index < -0.39 is 0 Å². The molecule has 0 unspecified atom stereocenters. The fourth-order valence-electron chi connectivity index (χ4n) is 0. The molecule has 0 aliphatic rings. The van der Waals surface area contributed by atoms with E-state index in [1.165, 1.54) is 0 Å². The molecule has 0 spiro atoms. The van der Waals surface area contributed by atoms with Gasteiger partial charge in [0.05, 0.1) is 0 Å². The number of hydrogen-bond donors (Lipinski definition) is 0. The van der Waals surface area contributed by atoms with Gasteiger partial charge in [0.15, 0.2) is 0 Å². The minimum atomic E-state index is 0. The van der Waals surface area contributed by atoms with Gasteiger partial charge >= 0.3 is 125 Å². The Balaban J connectivity index is 0. The molecule has 48 valence electrons. The van der Waals surface area contributed by atoms with Gasteiger partial charge in [0.25, 0.3) is 0 Å². The molecule has 0 fully saturated rings. The van der Waals surface area contributed by atoms with Crippen molar-refractivity contribution in [1.29, 1.82) is 0 Å². The Morgan fingerprint density at radius 1 is 0.375 bits per heavy atom. The smallest absolute Gasteiger partial charge is 0.870 e. The summed E-state index contributed by atoms with van der Waals surface area (Å²) in [5.74, 6) is 0. The summed E-state index contributed by atoms with van der Waals surface area (Å²) in [6, 6.07) is 0. The largest absolute Gasteiger partial charge is 3.00 e. The number of rotatable bonds is 0. The third-order valence-corrected chi connectivity index (χ3v) is 0. The van der Waals surface area contributed by atoms with Crippen molar-refractivity contribution < 1.29 is 153 Å². The van der Waals surface area contributed by atoms with E-state index in [-0.39, 0.29) is 153 Å². The molecule has 0 bridgehead atoms. The molecule has 0 radical (unpaired) electrons. The van der Waals surface area contributed by atoms with Crippen molar-refractivity contribution in [3.8, 4) is 0 Å². The zero-order valence-electron chi connectivity index (χ0n) is 4.54. The summed E-state index contributed by atoms with van der Waals surface area (Å²) in [7, 11) is 0. The monoisotopic (exact) mass is 360 g/mol. The quantitative estimate of drug-likeness (QED) is 0.393. The maximum Gasteiger partial charge on any atom is 3.00 e. The van der Waals surface area contributed by atoms with Crippen LogP contribution in [-0.2, 0) is 22.4 Å². The van der Waals surface area contributed by atoms with E-state index in [0.717, 1.165) is 0 Å². The van der Waals surface area contributed by atoms with Gasteiger partial charge in [-0.15, -0.1) is 0 Å². The van der Waals surface area contributed by atoms with Crippen molar-refractivity contribution in [2.24, 2.45) is 0 Å². The van der Waals surface area contributed by atoms with Crippen LogP contribution in [0, 0.1) is 0 Å². The average Bonchev–Trinajstić information content (AvgIpc) is 0. The molecule has 0 amide bonds. The topological polar surface area (TPSA) is 150 Å². The average molecular weight is 360 g/mol. The molecule has 5 nitrogen and oxygen atoms in total. The second-order valence-electron chi connectivity index (χ2n) is 0. The van der Waals surface area contributed by atoms with Crippen LogP contribution < -0.4 is 103 Å². The molecular weight excluding hydrogens is 355 g/mol. The van der Waals surface area contributed by atoms with Crippen LogP contribution in [0.2, 0.25) is 0 Å². The summed E-state index contributed by atoms with van der Waals surface area (Å²) in [6.07, 6.45) is 0. The normalized spacial score (nSPS) is 0. The minimum absolute atomic E-state index is 0. The van der Waals surface area contributed by atoms with Crippen molar-refractivity contribution in [2.75, 3.05) is 0 Å². The van der Waals surface area contributed by atoms with E-state index in [1.807, 2.05) is 0 Å². The van der Waals surface area contributed by atoms with Crippen LogP contribution in [0.25, 0.3) is 0 Å². The van der Waals surface area contributed by atoms with Gasteiger partial charge in [0.1, 0.15) is 0 Å². The van der Waals surface area contributed by atoms with E-state index in [1.54, 1.807) is 0 Å². The van der Waals surface area contributed by atoms with E-state index in [9.17, 15) is 0 Å². The Hall–Kier alpha value is 3.81. The van der Waals surface area contributed by atoms with Crippen LogP contribution >= 0.6 is 0 Å². The first-order valence-corrected chi connectivity index (χ1v) is 0.